The second kappa shape index (κ2) is 8.82. The Balaban J connectivity index is 2.26. The SMILES string of the molecule is COC(=O)/C(=C(\C(=O)c1ccc(OC)cc1)c1ccccc1)c1ccccc1. The predicted molar refractivity (Wildman–Crippen MR) is 109 cm³/mol. The molecule has 0 bridgehead atoms. The second-order valence-corrected chi connectivity index (χ2v) is 6.03. The maximum atomic E-state index is 13.5. The molecule has 4 heteroatoms. The zero-order valence-electron chi connectivity index (χ0n) is 15.7. The summed E-state index contributed by atoms with van der Waals surface area (Å²) in [7, 11) is 2.88. The van der Waals surface area contributed by atoms with E-state index in [-0.39, 0.29) is 11.4 Å². The Kier molecular flexibility index (Phi) is 6.02. The molecule has 0 aliphatic rings. The van der Waals surface area contributed by atoms with Gasteiger partial charge in [-0.05, 0) is 35.4 Å². The van der Waals surface area contributed by atoms with E-state index in [2.05, 4.69) is 0 Å². The van der Waals surface area contributed by atoms with E-state index in [1.54, 1.807) is 43.5 Å². The van der Waals surface area contributed by atoms with Crippen molar-refractivity contribution in [2.75, 3.05) is 14.2 Å². The zero-order valence-corrected chi connectivity index (χ0v) is 15.7. The van der Waals surface area contributed by atoms with Crippen LogP contribution in [0.3, 0.4) is 0 Å². The number of methoxy groups -OCH3 is 2. The summed E-state index contributed by atoms with van der Waals surface area (Å²) in [5.74, 6) is -0.178. The van der Waals surface area contributed by atoms with Gasteiger partial charge in [0.05, 0.1) is 19.8 Å². The molecule has 0 heterocycles. The van der Waals surface area contributed by atoms with E-state index in [9.17, 15) is 9.59 Å². The van der Waals surface area contributed by atoms with Crippen molar-refractivity contribution in [3.8, 4) is 5.75 Å². The number of benzene rings is 3. The maximum Gasteiger partial charge on any atom is 0.339 e. The average Bonchev–Trinajstić information content (AvgIpc) is 2.77. The van der Waals surface area contributed by atoms with Crippen LogP contribution in [0.25, 0.3) is 11.1 Å². The molecule has 3 rings (SSSR count). The minimum atomic E-state index is -0.563. The van der Waals surface area contributed by atoms with Gasteiger partial charge in [0, 0.05) is 11.1 Å². The molecule has 0 spiro atoms. The van der Waals surface area contributed by atoms with Crippen molar-refractivity contribution in [2.24, 2.45) is 0 Å². The number of hydrogen-bond donors (Lipinski definition) is 0. The van der Waals surface area contributed by atoms with Crippen LogP contribution in [0, 0.1) is 0 Å². The lowest BCUT2D eigenvalue weighted by atomic mass is 9.89. The molecule has 0 amide bonds. The van der Waals surface area contributed by atoms with Crippen molar-refractivity contribution in [2.45, 2.75) is 0 Å². The highest BCUT2D eigenvalue weighted by atomic mass is 16.5. The first-order chi connectivity index (χ1) is 13.7. The third-order valence-corrected chi connectivity index (χ3v) is 4.34. The van der Waals surface area contributed by atoms with Crippen LogP contribution in [-0.2, 0) is 9.53 Å². The molecule has 0 aliphatic carbocycles. The number of allylic oxidation sites excluding steroid dienone is 1. The Bertz CT molecular complexity index is 988. The molecule has 0 radical (unpaired) electrons. The van der Waals surface area contributed by atoms with Crippen LogP contribution in [0.5, 0.6) is 5.75 Å². The Morgan fingerprint density at radius 2 is 1.11 bits per heavy atom. The van der Waals surface area contributed by atoms with Crippen LogP contribution < -0.4 is 4.74 Å². The van der Waals surface area contributed by atoms with Crippen molar-refractivity contribution in [3.05, 3.63) is 102 Å². The third-order valence-electron chi connectivity index (χ3n) is 4.34. The highest BCUT2D eigenvalue weighted by Crippen LogP contribution is 2.31. The molecule has 0 aliphatic heterocycles. The molecular formula is C24H20O4. The number of rotatable bonds is 6. The molecule has 3 aromatic carbocycles. The van der Waals surface area contributed by atoms with E-state index in [0.29, 0.717) is 28.0 Å². The Labute approximate surface area is 164 Å². The Morgan fingerprint density at radius 3 is 1.57 bits per heavy atom. The summed E-state index contributed by atoms with van der Waals surface area (Å²) in [5, 5.41) is 0. The van der Waals surface area contributed by atoms with Gasteiger partial charge in [-0.2, -0.15) is 0 Å². The first kappa shape index (κ1) is 19.1. The molecule has 0 saturated heterocycles. The lowest BCUT2D eigenvalue weighted by molar-refractivity contribution is -0.133. The summed E-state index contributed by atoms with van der Waals surface area (Å²) >= 11 is 0. The summed E-state index contributed by atoms with van der Waals surface area (Å²) < 4.78 is 10.2. The van der Waals surface area contributed by atoms with Gasteiger partial charge >= 0.3 is 5.97 Å². The van der Waals surface area contributed by atoms with Gasteiger partial charge in [-0.15, -0.1) is 0 Å². The van der Waals surface area contributed by atoms with Gasteiger partial charge < -0.3 is 9.47 Å². The monoisotopic (exact) mass is 372 g/mol. The van der Waals surface area contributed by atoms with Crippen LogP contribution in [0.2, 0.25) is 0 Å². The first-order valence-electron chi connectivity index (χ1n) is 8.78. The van der Waals surface area contributed by atoms with Crippen molar-refractivity contribution in [1.82, 2.24) is 0 Å². The van der Waals surface area contributed by atoms with E-state index >= 15 is 0 Å². The van der Waals surface area contributed by atoms with E-state index in [4.69, 9.17) is 9.47 Å². The van der Waals surface area contributed by atoms with Crippen LogP contribution in [0.15, 0.2) is 84.9 Å². The normalized spacial score (nSPS) is 11.4. The average molecular weight is 372 g/mol. The number of esters is 1. The van der Waals surface area contributed by atoms with Gasteiger partial charge in [-0.1, -0.05) is 60.7 Å². The largest absolute Gasteiger partial charge is 0.497 e. The molecule has 4 nitrogen and oxygen atoms in total. The van der Waals surface area contributed by atoms with Crippen molar-refractivity contribution in [3.63, 3.8) is 0 Å². The van der Waals surface area contributed by atoms with Crippen LogP contribution in [0.1, 0.15) is 21.5 Å². The van der Waals surface area contributed by atoms with E-state index in [1.807, 2.05) is 48.5 Å². The molecule has 0 aromatic heterocycles. The highest BCUT2D eigenvalue weighted by Gasteiger charge is 2.25. The summed E-state index contributed by atoms with van der Waals surface area (Å²) in [4.78, 5) is 26.2. The van der Waals surface area contributed by atoms with E-state index in [1.165, 1.54) is 7.11 Å². The zero-order chi connectivity index (χ0) is 19.9. The summed E-state index contributed by atoms with van der Waals surface area (Å²) in [6, 6.07) is 25.0. The lowest BCUT2D eigenvalue weighted by Gasteiger charge is -2.14. The van der Waals surface area contributed by atoms with Crippen molar-refractivity contribution >= 4 is 22.9 Å². The fourth-order valence-electron chi connectivity index (χ4n) is 2.95. The fourth-order valence-corrected chi connectivity index (χ4v) is 2.95. The third kappa shape index (κ3) is 4.01. The predicted octanol–water partition coefficient (Wildman–Crippen LogP) is 4.66. The molecule has 0 atom stereocenters. The highest BCUT2D eigenvalue weighted by molar-refractivity contribution is 6.42. The lowest BCUT2D eigenvalue weighted by Crippen LogP contribution is -2.12. The second-order valence-electron chi connectivity index (χ2n) is 6.03. The Hall–Kier alpha value is -3.66. The summed E-state index contributed by atoms with van der Waals surface area (Å²) in [6.45, 7) is 0. The smallest absolute Gasteiger partial charge is 0.339 e. The molecule has 3 aromatic rings. The molecule has 0 N–H and O–H groups in total. The van der Waals surface area contributed by atoms with Gasteiger partial charge in [-0.25, -0.2) is 4.79 Å². The van der Waals surface area contributed by atoms with Crippen molar-refractivity contribution < 1.29 is 19.1 Å². The number of ether oxygens (including phenoxy) is 2. The minimum absolute atomic E-state index is 0.232. The van der Waals surface area contributed by atoms with Crippen molar-refractivity contribution in [1.29, 1.82) is 0 Å². The summed E-state index contributed by atoms with van der Waals surface area (Å²) in [6.07, 6.45) is 0. The minimum Gasteiger partial charge on any atom is -0.497 e. The summed E-state index contributed by atoms with van der Waals surface area (Å²) in [5.41, 5.74) is 2.25. The number of Topliss-reactive ketones (excluding diaryl/α,β-unsaturated/α-hetero) is 1. The number of hydrogen-bond acceptors (Lipinski definition) is 4. The van der Waals surface area contributed by atoms with Gasteiger partial charge in [-0.3, -0.25) is 4.79 Å². The van der Waals surface area contributed by atoms with Crippen LogP contribution >= 0.6 is 0 Å². The first-order valence-corrected chi connectivity index (χ1v) is 8.78. The fraction of sp³-hybridized carbons (Fsp3) is 0.0833. The molecule has 28 heavy (non-hydrogen) atoms. The maximum absolute atomic E-state index is 13.5. The number of carbonyl (C=O) groups is 2. The number of ketones is 1. The van der Waals surface area contributed by atoms with E-state index in [0.717, 1.165) is 0 Å². The topological polar surface area (TPSA) is 52.6 Å². The quantitative estimate of drug-likeness (QED) is 0.273. The van der Waals surface area contributed by atoms with Crippen LogP contribution in [0.4, 0.5) is 0 Å². The molecule has 0 saturated carbocycles. The molecule has 0 fully saturated rings. The molecule has 0 unspecified atom stereocenters. The standard InChI is InChI=1S/C24H20O4/c1-27-20-15-13-19(14-16-20)23(25)21(17-9-5-3-6-10-17)22(24(26)28-2)18-11-7-4-8-12-18/h3-16H,1-2H3/b22-21-. The van der Waals surface area contributed by atoms with Gasteiger partial charge in [0.1, 0.15) is 5.75 Å². The number of carbonyl (C=O) groups excluding carboxylic acids is 2. The van der Waals surface area contributed by atoms with Crippen LogP contribution in [-0.4, -0.2) is 26.0 Å². The van der Waals surface area contributed by atoms with Gasteiger partial charge in [0.25, 0.3) is 0 Å². The molecular weight excluding hydrogens is 352 g/mol. The van der Waals surface area contributed by atoms with Gasteiger partial charge in [0.2, 0.25) is 0 Å². The molecule has 140 valence electrons. The van der Waals surface area contributed by atoms with E-state index < -0.39 is 5.97 Å². The Morgan fingerprint density at radius 1 is 0.607 bits per heavy atom. The van der Waals surface area contributed by atoms with Gasteiger partial charge in [0.15, 0.2) is 5.78 Å².